The van der Waals surface area contributed by atoms with Crippen molar-refractivity contribution >= 4 is 0 Å². The van der Waals surface area contributed by atoms with Crippen LogP contribution >= 0.6 is 0 Å². The molecule has 2 heteroatoms. The highest BCUT2D eigenvalue weighted by atomic mass is 16.3. The van der Waals surface area contributed by atoms with Gasteiger partial charge in [-0.25, -0.2) is 0 Å². The summed E-state index contributed by atoms with van der Waals surface area (Å²) >= 11 is 0. The molecule has 3 rings (SSSR count). The number of allylic oxidation sites excluding steroid dienone is 1. The normalized spacial score (nSPS) is 25.3. The Kier molecular flexibility index (Phi) is 1.42. The molecule has 0 aromatic carbocycles. The van der Waals surface area contributed by atoms with E-state index in [0.717, 1.165) is 24.7 Å². The van der Waals surface area contributed by atoms with Gasteiger partial charge in [-0.3, -0.25) is 0 Å². The Hall–Kier alpha value is -0.500. The number of fused-ring (bicyclic) bond motifs is 2. The van der Waals surface area contributed by atoms with Gasteiger partial charge in [-0.1, -0.05) is 6.08 Å². The van der Waals surface area contributed by atoms with Crippen LogP contribution in [-0.4, -0.2) is 29.7 Å². The van der Waals surface area contributed by atoms with E-state index >= 15 is 0 Å². The molecular weight excluding hydrogens is 126 g/mol. The van der Waals surface area contributed by atoms with Crippen molar-refractivity contribution in [3.63, 3.8) is 0 Å². The van der Waals surface area contributed by atoms with Crippen molar-refractivity contribution in [2.45, 2.75) is 12.8 Å². The summed E-state index contributed by atoms with van der Waals surface area (Å²) in [5.41, 5.74) is 1.16. The predicted octanol–water partition coefficient (Wildman–Crippen LogP) is 0.588. The van der Waals surface area contributed by atoms with Crippen molar-refractivity contribution in [2.24, 2.45) is 5.92 Å². The fourth-order valence-electron chi connectivity index (χ4n) is 1.88. The quantitative estimate of drug-likeness (QED) is 0.574. The molecule has 0 aliphatic carbocycles. The van der Waals surface area contributed by atoms with Crippen LogP contribution in [0.25, 0.3) is 0 Å². The van der Waals surface area contributed by atoms with Crippen LogP contribution in [-0.2, 0) is 0 Å². The molecule has 0 radical (unpaired) electrons. The molecule has 1 fully saturated rings. The lowest BCUT2D eigenvalue weighted by Crippen LogP contribution is -2.38. The van der Waals surface area contributed by atoms with Gasteiger partial charge < -0.3 is 10.0 Å². The Morgan fingerprint density at radius 2 is 2.20 bits per heavy atom. The minimum Gasteiger partial charge on any atom is -0.390 e. The van der Waals surface area contributed by atoms with Crippen LogP contribution in [0, 0.1) is 5.92 Å². The largest absolute Gasteiger partial charge is 0.390 e. The van der Waals surface area contributed by atoms with Gasteiger partial charge in [0.15, 0.2) is 0 Å². The van der Waals surface area contributed by atoms with Crippen molar-refractivity contribution in [1.29, 1.82) is 0 Å². The third kappa shape index (κ3) is 0.833. The summed E-state index contributed by atoms with van der Waals surface area (Å²) in [6, 6.07) is 0. The highest BCUT2D eigenvalue weighted by Crippen LogP contribution is 2.28. The summed E-state index contributed by atoms with van der Waals surface area (Å²) in [7, 11) is 0. The number of aliphatic hydroxyl groups is 1. The van der Waals surface area contributed by atoms with Gasteiger partial charge in [0.25, 0.3) is 0 Å². The van der Waals surface area contributed by atoms with E-state index in [-0.39, 0.29) is 6.61 Å². The standard InChI is InChI=1S/C8H13NO/c10-6-8-5-7-1-3-9(8)4-2-7/h5,7,10H,1-4,6H2. The van der Waals surface area contributed by atoms with Gasteiger partial charge in [0, 0.05) is 18.8 Å². The lowest BCUT2D eigenvalue weighted by molar-refractivity contribution is 0.180. The molecule has 1 saturated heterocycles. The molecule has 0 saturated carbocycles. The first-order chi connectivity index (χ1) is 4.90. The Morgan fingerprint density at radius 1 is 1.50 bits per heavy atom. The fourth-order valence-corrected chi connectivity index (χ4v) is 1.88. The van der Waals surface area contributed by atoms with Crippen LogP contribution in [0.5, 0.6) is 0 Å². The molecule has 0 atom stereocenters. The van der Waals surface area contributed by atoms with Crippen molar-refractivity contribution in [3.8, 4) is 0 Å². The highest BCUT2D eigenvalue weighted by molar-refractivity contribution is 5.11. The molecule has 0 spiro atoms. The first-order valence-electron chi connectivity index (χ1n) is 3.96. The molecule has 2 nitrogen and oxygen atoms in total. The van der Waals surface area contributed by atoms with E-state index in [9.17, 15) is 0 Å². The maximum absolute atomic E-state index is 8.90. The molecule has 56 valence electrons. The average molecular weight is 139 g/mol. The number of hydrogen-bond donors (Lipinski definition) is 1. The summed E-state index contributed by atoms with van der Waals surface area (Å²) in [6.07, 6.45) is 4.82. The maximum atomic E-state index is 8.90. The first kappa shape index (κ1) is 6.23. The summed E-state index contributed by atoms with van der Waals surface area (Å²) < 4.78 is 0. The lowest BCUT2D eigenvalue weighted by atomic mass is 9.91. The van der Waals surface area contributed by atoms with E-state index in [1.54, 1.807) is 0 Å². The Bertz CT molecular complexity index is 157. The molecule has 10 heavy (non-hydrogen) atoms. The SMILES string of the molecule is OCC1=CC2CCN1CC2. The monoisotopic (exact) mass is 139 g/mol. The second-order valence-corrected chi connectivity index (χ2v) is 3.14. The van der Waals surface area contributed by atoms with E-state index in [1.807, 2.05) is 0 Å². The van der Waals surface area contributed by atoms with E-state index in [0.29, 0.717) is 0 Å². The number of rotatable bonds is 1. The number of nitrogens with zero attached hydrogens (tertiary/aromatic N) is 1. The summed E-state index contributed by atoms with van der Waals surface area (Å²) in [6.45, 7) is 2.56. The second kappa shape index (κ2) is 2.27. The summed E-state index contributed by atoms with van der Waals surface area (Å²) in [5.74, 6) is 0.771. The fraction of sp³-hybridized carbons (Fsp3) is 0.750. The van der Waals surface area contributed by atoms with Crippen molar-refractivity contribution in [1.82, 2.24) is 4.90 Å². The first-order valence-corrected chi connectivity index (χ1v) is 3.96. The Morgan fingerprint density at radius 3 is 2.50 bits per heavy atom. The Labute approximate surface area is 61.1 Å². The second-order valence-electron chi connectivity index (χ2n) is 3.14. The van der Waals surface area contributed by atoms with E-state index < -0.39 is 0 Å². The topological polar surface area (TPSA) is 23.5 Å². The van der Waals surface area contributed by atoms with Crippen molar-refractivity contribution in [2.75, 3.05) is 19.7 Å². The molecule has 1 N–H and O–H groups in total. The molecule has 0 aromatic rings. The van der Waals surface area contributed by atoms with Crippen LogP contribution in [0.3, 0.4) is 0 Å². The molecule has 0 amide bonds. The molecular formula is C8H13NO. The molecule has 3 aliphatic heterocycles. The van der Waals surface area contributed by atoms with Gasteiger partial charge in [-0.05, 0) is 18.8 Å². The summed E-state index contributed by atoms with van der Waals surface area (Å²) in [5, 5.41) is 8.90. The zero-order chi connectivity index (χ0) is 6.97. The van der Waals surface area contributed by atoms with E-state index in [2.05, 4.69) is 11.0 Å². The van der Waals surface area contributed by atoms with Crippen LogP contribution in [0.15, 0.2) is 11.8 Å². The third-order valence-electron chi connectivity index (χ3n) is 2.54. The van der Waals surface area contributed by atoms with Crippen LogP contribution in [0.4, 0.5) is 0 Å². The molecule has 2 bridgehead atoms. The van der Waals surface area contributed by atoms with E-state index in [1.165, 1.54) is 12.8 Å². The minimum absolute atomic E-state index is 0.233. The van der Waals surface area contributed by atoms with Crippen molar-refractivity contribution < 1.29 is 5.11 Å². The zero-order valence-electron chi connectivity index (χ0n) is 6.08. The van der Waals surface area contributed by atoms with Gasteiger partial charge in [0.05, 0.1) is 6.61 Å². The van der Waals surface area contributed by atoms with Crippen LogP contribution in [0.1, 0.15) is 12.8 Å². The lowest BCUT2D eigenvalue weighted by Gasteiger charge is -2.39. The number of piperidine rings is 1. The van der Waals surface area contributed by atoms with Gasteiger partial charge in [-0.2, -0.15) is 0 Å². The predicted molar refractivity (Wildman–Crippen MR) is 39.5 cm³/mol. The number of hydrogen-bond acceptors (Lipinski definition) is 2. The maximum Gasteiger partial charge on any atom is 0.0826 e. The minimum atomic E-state index is 0.233. The van der Waals surface area contributed by atoms with Crippen molar-refractivity contribution in [3.05, 3.63) is 11.8 Å². The van der Waals surface area contributed by atoms with Crippen LogP contribution < -0.4 is 0 Å². The molecule has 0 unspecified atom stereocenters. The average Bonchev–Trinajstić information content (AvgIpc) is 2.06. The van der Waals surface area contributed by atoms with Gasteiger partial charge >= 0.3 is 0 Å². The van der Waals surface area contributed by atoms with Gasteiger partial charge in [0.1, 0.15) is 0 Å². The molecule has 3 aliphatic rings. The molecule has 0 aromatic heterocycles. The van der Waals surface area contributed by atoms with E-state index in [4.69, 9.17) is 5.11 Å². The molecule has 3 heterocycles. The summed E-state index contributed by atoms with van der Waals surface area (Å²) in [4.78, 5) is 2.29. The smallest absolute Gasteiger partial charge is 0.0826 e. The van der Waals surface area contributed by atoms with Gasteiger partial charge in [0.2, 0.25) is 0 Å². The van der Waals surface area contributed by atoms with Gasteiger partial charge in [-0.15, -0.1) is 0 Å². The Balaban J connectivity index is 2.19. The van der Waals surface area contributed by atoms with Crippen LogP contribution in [0.2, 0.25) is 0 Å². The highest BCUT2D eigenvalue weighted by Gasteiger charge is 2.24. The zero-order valence-corrected chi connectivity index (χ0v) is 6.08. The number of aliphatic hydroxyl groups excluding tert-OH is 1. The third-order valence-corrected chi connectivity index (χ3v) is 2.54.